The molecule has 0 saturated heterocycles. The van der Waals surface area contributed by atoms with Crippen molar-refractivity contribution in [1.29, 1.82) is 0 Å². The summed E-state index contributed by atoms with van der Waals surface area (Å²) >= 11 is 0. The molecule has 1 aliphatic rings. The van der Waals surface area contributed by atoms with E-state index in [0.717, 1.165) is 30.1 Å². The third kappa shape index (κ3) is 2.15. The third-order valence-corrected chi connectivity index (χ3v) is 3.73. The molecule has 0 spiro atoms. The number of benzene rings is 1. The van der Waals surface area contributed by atoms with Crippen LogP contribution in [-0.4, -0.2) is 34.0 Å². The van der Waals surface area contributed by atoms with Crippen LogP contribution in [0.4, 0.5) is 0 Å². The number of hydrogen-bond acceptors (Lipinski definition) is 3. The maximum Gasteiger partial charge on any atom is 0.254 e. The molecule has 0 bridgehead atoms. The topological polar surface area (TPSA) is 47.4 Å². The first kappa shape index (κ1) is 12.7. The molecular formula is C15H17N3O2. The van der Waals surface area contributed by atoms with Crippen LogP contribution in [0.5, 0.6) is 5.75 Å². The fraction of sp³-hybridized carbons (Fsp3) is 0.333. The Balaban J connectivity index is 1.79. The van der Waals surface area contributed by atoms with E-state index < -0.39 is 0 Å². The third-order valence-electron chi connectivity index (χ3n) is 3.73. The second-order valence-corrected chi connectivity index (χ2v) is 4.95. The molecule has 3 rings (SSSR count). The van der Waals surface area contributed by atoms with Crippen LogP contribution in [0.2, 0.25) is 0 Å². The van der Waals surface area contributed by atoms with Crippen molar-refractivity contribution in [2.75, 3.05) is 13.7 Å². The van der Waals surface area contributed by atoms with Gasteiger partial charge in [-0.1, -0.05) is 0 Å². The Bertz CT molecular complexity index is 631. The Morgan fingerprint density at radius 1 is 1.30 bits per heavy atom. The van der Waals surface area contributed by atoms with Gasteiger partial charge in [0.25, 0.3) is 5.91 Å². The van der Waals surface area contributed by atoms with E-state index in [9.17, 15) is 4.79 Å². The van der Waals surface area contributed by atoms with E-state index in [1.54, 1.807) is 19.2 Å². The molecule has 5 heteroatoms. The number of methoxy groups -OCH3 is 1. The van der Waals surface area contributed by atoms with Gasteiger partial charge in [0.15, 0.2) is 0 Å². The van der Waals surface area contributed by atoms with Gasteiger partial charge < -0.3 is 14.2 Å². The van der Waals surface area contributed by atoms with E-state index in [1.165, 1.54) is 0 Å². The van der Waals surface area contributed by atoms with Crippen molar-refractivity contribution >= 4 is 5.91 Å². The zero-order chi connectivity index (χ0) is 14.1. The molecule has 2 heterocycles. The number of ether oxygens (including phenoxy) is 1. The summed E-state index contributed by atoms with van der Waals surface area (Å²) in [6.45, 7) is 1.34. The lowest BCUT2D eigenvalue weighted by Gasteiger charge is -2.27. The van der Waals surface area contributed by atoms with Gasteiger partial charge in [-0.05, 0) is 24.3 Å². The summed E-state index contributed by atoms with van der Waals surface area (Å²) in [6.07, 6.45) is 2.63. The average Bonchev–Trinajstić information content (AvgIpc) is 2.87. The van der Waals surface area contributed by atoms with Gasteiger partial charge in [-0.15, -0.1) is 0 Å². The molecule has 2 aromatic rings. The van der Waals surface area contributed by atoms with E-state index in [0.29, 0.717) is 12.1 Å². The average molecular weight is 271 g/mol. The van der Waals surface area contributed by atoms with Gasteiger partial charge in [0, 0.05) is 25.6 Å². The lowest BCUT2D eigenvalue weighted by molar-refractivity contribution is 0.0730. The number of carbonyl (C=O) groups excluding carboxylic acids is 1. The number of nitrogens with zero attached hydrogens (tertiary/aromatic N) is 3. The zero-order valence-electron chi connectivity index (χ0n) is 11.7. The van der Waals surface area contributed by atoms with E-state index in [-0.39, 0.29) is 5.91 Å². The molecule has 104 valence electrons. The molecule has 0 radical (unpaired) electrons. The number of hydrogen-bond donors (Lipinski definition) is 0. The van der Waals surface area contributed by atoms with Crippen LogP contribution in [-0.2, 0) is 20.0 Å². The fourth-order valence-electron chi connectivity index (χ4n) is 2.51. The summed E-state index contributed by atoms with van der Waals surface area (Å²) in [4.78, 5) is 18.7. The predicted molar refractivity (Wildman–Crippen MR) is 74.6 cm³/mol. The monoisotopic (exact) mass is 271 g/mol. The van der Waals surface area contributed by atoms with Crippen molar-refractivity contribution in [2.24, 2.45) is 7.05 Å². The SMILES string of the molecule is COc1ccc(C(=O)N2CCc3ncn(C)c3C2)cc1. The molecular weight excluding hydrogens is 254 g/mol. The highest BCUT2D eigenvalue weighted by Crippen LogP contribution is 2.20. The minimum Gasteiger partial charge on any atom is -0.497 e. The Morgan fingerprint density at radius 3 is 2.75 bits per heavy atom. The molecule has 0 N–H and O–H groups in total. The molecule has 0 unspecified atom stereocenters. The Labute approximate surface area is 117 Å². The summed E-state index contributed by atoms with van der Waals surface area (Å²) in [5.41, 5.74) is 2.92. The van der Waals surface area contributed by atoms with Gasteiger partial charge in [-0.3, -0.25) is 4.79 Å². The first-order chi connectivity index (χ1) is 9.69. The number of amides is 1. The van der Waals surface area contributed by atoms with Crippen molar-refractivity contribution < 1.29 is 9.53 Å². The Kier molecular flexibility index (Phi) is 3.18. The quantitative estimate of drug-likeness (QED) is 0.834. The summed E-state index contributed by atoms with van der Waals surface area (Å²) in [6, 6.07) is 7.24. The highest BCUT2D eigenvalue weighted by atomic mass is 16.5. The highest BCUT2D eigenvalue weighted by molar-refractivity contribution is 5.94. The van der Waals surface area contributed by atoms with Crippen LogP contribution in [0.3, 0.4) is 0 Å². The fourth-order valence-corrected chi connectivity index (χ4v) is 2.51. The zero-order valence-corrected chi connectivity index (χ0v) is 11.7. The van der Waals surface area contributed by atoms with Crippen LogP contribution in [0, 0.1) is 0 Å². The molecule has 0 saturated carbocycles. The smallest absolute Gasteiger partial charge is 0.254 e. The van der Waals surface area contributed by atoms with E-state index in [1.807, 2.05) is 35.0 Å². The molecule has 5 nitrogen and oxygen atoms in total. The second-order valence-electron chi connectivity index (χ2n) is 4.95. The maximum atomic E-state index is 12.5. The molecule has 1 aromatic heterocycles. The van der Waals surface area contributed by atoms with Crippen molar-refractivity contribution in [3.8, 4) is 5.75 Å². The normalized spacial score (nSPS) is 14.0. The largest absolute Gasteiger partial charge is 0.497 e. The molecule has 0 aliphatic carbocycles. The minimum atomic E-state index is 0.0551. The standard InChI is InChI=1S/C15H17N3O2/c1-17-10-16-13-7-8-18(9-14(13)17)15(19)11-3-5-12(20-2)6-4-11/h3-6,10H,7-9H2,1-2H3. The number of aryl methyl sites for hydroxylation is 1. The predicted octanol–water partition coefficient (Wildman–Crippen LogP) is 1.63. The minimum absolute atomic E-state index is 0.0551. The van der Waals surface area contributed by atoms with Gasteiger partial charge in [-0.25, -0.2) is 4.98 Å². The molecule has 0 fully saturated rings. The van der Waals surface area contributed by atoms with Crippen molar-refractivity contribution in [2.45, 2.75) is 13.0 Å². The molecule has 1 aliphatic heterocycles. The summed E-state index contributed by atoms with van der Waals surface area (Å²) in [5, 5.41) is 0. The van der Waals surface area contributed by atoms with Gasteiger partial charge in [0.1, 0.15) is 5.75 Å². The maximum absolute atomic E-state index is 12.5. The number of aromatic nitrogens is 2. The lowest BCUT2D eigenvalue weighted by Crippen LogP contribution is -2.36. The lowest BCUT2D eigenvalue weighted by atomic mass is 10.1. The van der Waals surface area contributed by atoms with E-state index in [2.05, 4.69) is 4.98 Å². The number of imidazole rings is 1. The highest BCUT2D eigenvalue weighted by Gasteiger charge is 2.24. The molecule has 1 aromatic carbocycles. The van der Waals surface area contributed by atoms with Crippen LogP contribution in [0.25, 0.3) is 0 Å². The number of fused-ring (bicyclic) bond motifs is 1. The molecule has 20 heavy (non-hydrogen) atoms. The Morgan fingerprint density at radius 2 is 2.05 bits per heavy atom. The second kappa shape index (κ2) is 5.00. The van der Waals surface area contributed by atoms with E-state index in [4.69, 9.17) is 4.74 Å². The molecule has 0 atom stereocenters. The van der Waals surface area contributed by atoms with Gasteiger partial charge in [-0.2, -0.15) is 0 Å². The summed E-state index contributed by atoms with van der Waals surface area (Å²) < 4.78 is 7.10. The number of carbonyl (C=O) groups is 1. The number of rotatable bonds is 2. The van der Waals surface area contributed by atoms with Crippen molar-refractivity contribution in [1.82, 2.24) is 14.5 Å². The first-order valence-corrected chi connectivity index (χ1v) is 6.61. The summed E-state index contributed by atoms with van der Waals surface area (Å²) in [5.74, 6) is 0.814. The first-order valence-electron chi connectivity index (χ1n) is 6.61. The van der Waals surface area contributed by atoms with Crippen LogP contribution in [0.1, 0.15) is 21.7 Å². The van der Waals surface area contributed by atoms with Gasteiger partial charge in [0.2, 0.25) is 0 Å². The summed E-state index contributed by atoms with van der Waals surface area (Å²) in [7, 11) is 3.58. The van der Waals surface area contributed by atoms with Crippen LogP contribution < -0.4 is 4.74 Å². The van der Waals surface area contributed by atoms with Crippen molar-refractivity contribution in [3.63, 3.8) is 0 Å². The molecule has 1 amide bonds. The van der Waals surface area contributed by atoms with Crippen LogP contribution >= 0.6 is 0 Å². The van der Waals surface area contributed by atoms with Gasteiger partial charge >= 0.3 is 0 Å². The van der Waals surface area contributed by atoms with E-state index >= 15 is 0 Å². The Hall–Kier alpha value is -2.30. The van der Waals surface area contributed by atoms with Crippen molar-refractivity contribution in [3.05, 3.63) is 47.5 Å². The van der Waals surface area contributed by atoms with Crippen LogP contribution in [0.15, 0.2) is 30.6 Å². The van der Waals surface area contributed by atoms with Gasteiger partial charge in [0.05, 0.1) is 31.4 Å².